The molecule has 1 N–H and O–H groups in total. The predicted octanol–water partition coefficient (Wildman–Crippen LogP) is 0.996. The molecule has 1 rings (SSSR count). The molecule has 1 aromatic rings. The number of carbonyl (C=O) groups excluding carboxylic acids is 1. The van der Waals surface area contributed by atoms with Crippen molar-refractivity contribution < 1.29 is 17.9 Å². The maximum atomic E-state index is 11.8. The van der Waals surface area contributed by atoms with Gasteiger partial charge in [0.25, 0.3) is 5.91 Å². The molecule has 0 aliphatic heterocycles. The zero-order valence-electron chi connectivity index (χ0n) is 11.3. The van der Waals surface area contributed by atoms with E-state index in [-0.39, 0.29) is 17.7 Å². The highest BCUT2D eigenvalue weighted by molar-refractivity contribution is 7.89. The van der Waals surface area contributed by atoms with Gasteiger partial charge in [0.05, 0.1) is 12.4 Å². The van der Waals surface area contributed by atoms with Gasteiger partial charge in [-0.05, 0) is 24.6 Å². The standard InChI is InChI=1S/C13H19NO4S/c1-10(8-18-2)14-13(15)12-6-4-11(5-7-12)9-19(3,16)17/h4-7,10H,8-9H2,1-3H3,(H,14,15). The van der Waals surface area contributed by atoms with Gasteiger partial charge in [-0.2, -0.15) is 0 Å². The monoisotopic (exact) mass is 285 g/mol. The maximum Gasteiger partial charge on any atom is 0.251 e. The lowest BCUT2D eigenvalue weighted by Crippen LogP contribution is -2.35. The number of amides is 1. The number of nitrogens with one attached hydrogen (secondary N) is 1. The van der Waals surface area contributed by atoms with Crippen LogP contribution in [0.15, 0.2) is 24.3 Å². The zero-order valence-corrected chi connectivity index (χ0v) is 12.2. The number of carbonyl (C=O) groups is 1. The molecule has 0 heterocycles. The molecule has 0 aliphatic rings. The van der Waals surface area contributed by atoms with Crippen LogP contribution in [0, 0.1) is 0 Å². The Labute approximate surface area is 113 Å². The summed E-state index contributed by atoms with van der Waals surface area (Å²) < 4.78 is 27.2. The highest BCUT2D eigenvalue weighted by Gasteiger charge is 2.10. The first-order chi connectivity index (χ1) is 8.81. The molecule has 19 heavy (non-hydrogen) atoms. The van der Waals surface area contributed by atoms with Crippen molar-refractivity contribution in [2.24, 2.45) is 0 Å². The van der Waals surface area contributed by atoms with Gasteiger partial charge in [-0.15, -0.1) is 0 Å². The fraction of sp³-hybridized carbons (Fsp3) is 0.462. The normalized spacial score (nSPS) is 13.0. The second-order valence-corrected chi connectivity index (χ2v) is 6.74. The van der Waals surface area contributed by atoms with Gasteiger partial charge in [-0.1, -0.05) is 12.1 Å². The van der Waals surface area contributed by atoms with Crippen LogP contribution in [-0.4, -0.2) is 40.3 Å². The van der Waals surface area contributed by atoms with Gasteiger partial charge in [0.1, 0.15) is 0 Å². The van der Waals surface area contributed by atoms with E-state index in [9.17, 15) is 13.2 Å². The summed E-state index contributed by atoms with van der Waals surface area (Å²) in [6.07, 6.45) is 1.18. The third-order valence-electron chi connectivity index (χ3n) is 2.44. The van der Waals surface area contributed by atoms with E-state index >= 15 is 0 Å². The van der Waals surface area contributed by atoms with Crippen molar-refractivity contribution in [3.05, 3.63) is 35.4 Å². The molecule has 0 radical (unpaired) electrons. The minimum atomic E-state index is -3.05. The number of benzene rings is 1. The predicted molar refractivity (Wildman–Crippen MR) is 73.8 cm³/mol. The van der Waals surface area contributed by atoms with Gasteiger partial charge in [-0.3, -0.25) is 4.79 Å². The first-order valence-electron chi connectivity index (χ1n) is 5.88. The number of sulfone groups is 1. The van der Waals surface area contributed by atoms with Crippen LogP contribution in [0.5, 0.6) is 0 Å². The molecule has 106 valence electrons. The molecule has 6 heteroatoms. The molecule has 0 saturated heterocycles. The van der Waals surface area contributed by atoms with Crippen LogP contribution in [0.3, 0.4) is 0 Å². The van der Waals surface area contributed by atoms with Crippen LogP contribution in [0.1, 0.15) is 22.8 Å². The van der Waals surface area contributed by atoms with E-state index in [1.54, 1.807) is 31.4 Å². The number of hydrogen-bond donors (Lipinski definition) is 1. The zero-order chi connectivity index (χ0) is 14.5. The second kappa shape index (κ2) is 6.68. The molecule has 5 nitrogen and oxygen atoms in total. The van der Waals surface area contributed by atoms with E-state index in [2.05, 4.69) is 5.32 Å². The molecule has 1 amide bonds. The van der Waals surface area contributed by atoms with E-state index in [1.165, 1.54) is 6.26 Å². The van der Waals surface area contributed by atoms with Gasteiger partial charge < -0.3 is 10.1 Å². The quantitative estimate of drug-likeness (QED) is 0.846. The molecule has 0 fully saturated rings. The minimum absolute atomic E-state index is 0.0189. The van der Waals surface area contributed by atoms with E-state index in [1.807, 2.05) is 6.92 Å². The second-order valence-electron chi connectivity index (χ2n) is 4.60. The summed E-state index contributed by atoms with van der Waals surface area (Å²) in [4.78, 5) is 11.8. The number of hydrogen-bond acceptors (Lipinski definition) is 4. The van der Waals surface area contributed by atoms with Crippen LogP contribution in [0.4, 0.5) is 0 Å². The highest BCUT2D eigenvalue weighted by atomic mass is 32.2. The van der Waals surface area contributed by atoms with Gasteiger partial charge in [0.2, 0.25) is 0 Å². The van der Waals surface area contributed by atoms with Crippen LogP contribution < -0.4 is 5.32 Å². The van der Waals surface area contributed by atoms with Crippen LogP contribution in [-0.2, 0) is 20.3 Å². The van der Waals surface area contributed by atoms with E-state index in [0.29, 0.717) is 17.7 Å². The fourth-order valence-electron chi connectivity index (χ4n) is 1.65. The van der Waals surface area contributed by atoms with Gasteiger partial charge in [0.15, 0.2) is 9.84 Å². The molecule has 0 spiro atoms. The topological polar surface area (TPSA) is 72.5 Å². The smallest absolute Gasteiger partial charge is 0.251 e. The Bertz CT molecular complexity index is 522. The van der Waals surface area contributed by atoms with Crippen molar-refractivity contribution >= 4 is 15.7 Å². The van der Waals surface area contributed by atoms with Crippen LogP contribution in [0.25, 0.3) is 0 Å². The Kier molecular flexibility index (Phi) is 5.50. The number of methoxy groups -OCH3 is 1. The van der Waals surface area contributed by atoms with Crippen LogP contribution in [0.2, 0.25) is 0 Å². The van der Waals surface area contributed by atoms with Gasteiger partial charge >= 0.3 is 0 Å². The van der Waals surface area contributed by atoms with Crippen molar-refractivity contribution in [1.29, 1.82) is 0 Å². The van der Waals surface area contributed by atoms with E-state index in [4.69, 9.17) is 4.74 Å². The first-order valence-corrected chi connectivity index (χ1v) is 7.94. The lowest BCUT2D eigenvalue weighted by atomic mass is 10.1. The average molecular weight is 285 g/mol. The Morgan fingerprint density at radius 2 is 1.89 bits per heavy atom. The average Bonchev–Trinajstić information content (AvgIpc) is 2.27. The summed E-state index contributed by atoms with van der Waals surface area (Å²) in [5.74, 6) is -0.218. The molecule has 1 unspecified atom stereocenters. The molecular weight excluding hydrogens is 266 g/mol. The summed E-state index contributed by atoms with van der Waals surface area (Å²) in [6, 6.07) is 6.46. The lowest BCUT2D eigenvalue weighted by Gasteiger charge is -2.12. The van der Waals surface area contributed by atoms with Gasteiger partial charge in [0, 0.05) is 25.0 Å². The molecule has 0 saturated carbocycles. The summed E-state index contributed by atoms with van der Waals surface area (Å²) in [5.41, 5.74) is 1.17. The molecule has 1 atom stereocenters. The Hall–Kier alpha value is -1.40. The van der Waals surface area contributed by atoms with Crippen molar-refractivity contribution in [3.8, 4) is 0 Å². The van der Waals surface area contributed by atoms with E-state index < -0.39 is 9.84 Å². The van der Waals surface area contributed by atoms with Crippen LogP contribution >= 0.6 is 0 Å². The first kappa shape index (κ1) is 15.7. The van der Waals surface area contributed by atoms with Crippen molar-refractivity contribution in [2.45, 2.75) is 18.7 Å². The third-order valence-corrected chi connectivity index (χ3v) is 3.30. The number of ether oxygens (including phenoxy) is 1. The molecule has 0 aromatic heterocycles. The number of rotatable bonds is 6. The Balaban J connectivity index is 2.68. The Morgan fingerprint density at radius 1 is 1.32 bits per heavy atom. The highest BCUT2D eigenvalue weighted by Crippen LogP contribution is 2.08. The maximum absolute atomic E-state index is 11.8. The molecule has 0 bridgehead atoms. The van der Waals surface area contributed by atoms with Crippen molar-refractivity contribution in [3.63, 3.8) is 0 Å². The summed E-state index contributed by atoms with van der Waals surface area (Å²) in [6.45, 7) is 2.29. The summed E-state index contributed by atoms with van der Waals surface area (Å²) in [7, 11) is -1.48. The third kappa shape index (κ3) is 5.85. The lowest BCUT2D eigenvalue weighted by molar-refractivity contribution is 0.0905. The van der Waals surface area contributed by atoms with Crippen molar-refractivity contribution in [1.82, 2.24) is 5.32 Å². The molecule has 0 aliphatic carbocycles. The Morgan fingerprint density at radius 3 is 2.37 bits per heavy atom. The van der Waals surface area contributed by atoms with Gasteiger partial charge in [-0.25, -0.2) is 8.42 Å². The SMILES string of the molecule is COCC(C)NC(=O)c1ccc(CS(C)(=O)=O)cc1. The summed E-state index contributed by atoms with van der Waals surface area (Å²) >= 11 is 0. The van der Waals surface area contributed by atoms with E-state index in [0.717, 1.165) is 0 Å². The largest absolute Gasteiger partial charge is 0.383 e. The molecule has 1 aromatic carbocycles. The van der Waals surface area contributed by atoms with Crippen molar-refractivity contribution in [2.75, 3.05) is 20.0 Å². The molecular formula is C13H19NO4S. The minimum Gasteiger partial charge on any atom is -0.383 e. The fourth-order valence-corrected chi connectivity index (χ4v) is 2.45. The summed E-state index contributed by atoms with van der Waals surface area (Å²) in [5, 5.41) is 2.78.